The second-order valence-corrected chi connectivity index (χ2v) is 7.50. The fourth-order valence-corrected chi connectivity index (χ4v) is 4.36. The van der Waals surface area contributed by atoms with Crippen LogP contribution >= 0.6 is 22.9 Å². The van der Waals surface area contributed by atoms with Gasteiger partial charge in [-0.3, -0.25) is 0 Å². The summed E-state index contributed by atoms with van der Waals surface area (Å²) < 4.78 is 26.9. The molecule has 2 N–H and O–H groups in total. The lowest BCUT2D eigenvalue weighted by Gasteiger charge is -2.20. The Labute approximate surface area is 125 Å². The van der Waals surface area contributed by atoms with Crippen LogP contribution in [-0.2, 0) is 10.0 Å². The number of hydrogen-bond acceptors (Lipinski definition) is 6. The number of aliphatic hydroxyl groups is 2. The third kappa shape index (κ3) is 3.11. The van der Waals surface area contributed by atoms with Gasteiger partial charge >= 0.3 is 0 Å². The van der Waals surface area contributed by atoms with Crippen LogP contribution in [0.1, 0.15) is 0 Å². The van der Waals surface area contributed by atoms with Crippen molar-refractivity contribution in [3.05, 3.63) is 22.7 Å². The van der Waals surface area contributed by atoms with Gasteiger partial charge in [-0.25, -0.2) is 13.4 Å². The lowest BCUT2D eigenvalue weighted by molar-refractivity contribution is 0.217. The average molecular weight is 337 g/mol. The fraction of sp³-hybridized carbons (Fsp3) is 0.364. The Morgan fingerprint density at radius 3 is 2.50 bits per heavy atom. The van der Waals surface area contributed by atoms with E-state index in [0.717, 1.165) is 4.31 Å². The summed E-state index contributed by atoms with van der Waals surface area (Å²) in [4.78, 5) is 4.14. The van der Waals surface area contributed by atoms with Crippen molar-refractivity contribution in [1.82, 2.24) is 9.29 Å². The number of sulfonamides is 1. The number of aromatic nitrogens is 1. The molecule has 0 spiro atoms. The average Bonchev–Trinajstić information content (AvgIpc) is 2.77. The van der Waals surface area contributed by atoms with Gasteiger partial charge < -0.3 is 10.2 Å². The van der Waals surface area contributed by atoms with Crippen LogP contribution in [0.5, 0.6) is 0 Å². The SMILES string of the molecule is O=S(=O)(c1ccc2nc(Cl)sc2c1)N(CCO)CCO. The molecule has 1 aromatic heterocycles. The summed E-state index contributed by atoms with van der Waals surface area (Å²) in [6, 6.07) is 4.52. The molecule has 20 heavy (non-hydrogen) atoms. The maximum absolute atomic E-state index is 12.4. The van der Waals surface area contributed by atoms with E-state index in [1.807, 2.05) is 0 Å². The standard InChI is InChI=1S/C11H13ClN2O4S2/c12-11-13-9-2-1-8(7-10(9)19-11)20(17,18)14(3-5-15)4-6-16/h1-2,7,15-16H,3-6H2. The summed E-state index contributed by atoms with van der Waals surface area (Å²) in [6.45, 7) is -0.753. The van der Waals surface area contributed by atoms with E-state index in [9.17, 15) is 8.42 Å². The van der Waals surface area contributed by atoms with E-state index in [4.69, 9.17) is 21.8 Å². The Bertz CT molecular complexity index is 696. The number of rotatable bonds is 6. The number of aliphatic hydroxyl groups excluding tert-OH is 2. The lowest BCUT2D eigenvalue weighted by atomic mass is 10.3. The highest BCUT2D eigenvalue weighted by atomic mass is 35.5. The van der Waals surface area contributed by atoms with Crippen molar-refractivity contribution in [3.8, 4) is 0 Å². The van der Waals surface area contributed by atoms with Crippen molar-refractivity contribution in [2.75, 3.05) is 26.3 Å². The monoisotopic (exact) mass is 336 g/mol. The fourth-order valence-electron chi connectivity index (χ4n) is 1.76. The van der Waals surface area contributed by atoms with Crippen LogP contribution in [0, 0.1) is 0 Å². The first-order valence-corrected chi connectivity index (χ1v) is 8.40. The predicted molar refractivity (Wildman–Crippen MR) is 77.6 cm³/mol. The first kappa shape index (κ1) is 15.6. The van der Waals surface area contributed by atoms with Crippen LogP contribution in [0.25, 0.3) is 10.2 Å². The second-order valence-electron chi connectivity index (χ2n) is 3.95. The summed E-state index contributed by atoms with van der Waals surface area (Å²) in [5.74, 6) is 0. The minimum atomic E-state index is -3.76. The molecular formula is C11H13ClN2O4S2. The second kappa shape index (κ2) is 6.33. The molecule has 0 saturated carbocycles. The van der Waals surface area contributed by atoms with Crippen molar-refractivity contribution in [1.29, 1.82) is 0 Å². The van der Waals surface area contributed by atoms with Gasteiger partial charge in [0.15, 0.2) is 4.47 Å². The molecule has 2 aromatic rings. The lowest BCUT2D eigenvalue weighted by Crippen LogP contribution is -2.35. The molecule has 110 valence electrons. The number of nitrogens with zero attached hydrogens (tertiary/aromatic N) is 2. The highest BCUT2D eigenvalue weighted by molar-refractivity contribution is 7.89. The quantitative estimate of drug-likeness (QED) is 0.818. The smallest absolute Gasteiger partial charge is 0.243 e. The molecular weight excluding hydrogens is 324 g/mol. The Morgan fingerprint density at radius 1 is 1.25 bits per heavy atom. The van der Waals surface area contributed by atoms with Crippen LogP contribution in [-0.4, -0.2) is 54.2 Å². The molecule has 0 saturated heterocycles. The van der Waals surface area contributed by atoms with E-state index in [1.54, 1.807) is 6.07 Å². The number of halogens is 1. The Kier molecular flexibility index (Phi) is 4.95. The minimum Gasteiger partial charge on any atom is -0.395 e. The summed E-state index contributed by atoms with van der Waals surface area (Å²) in [5.41, 5.74) is 0.634. The summed E-state index contributed by atoms with van der Waals surface area (Å²) in [5, 5.41) is 17.9. The normalized spacial score (nSPS) is 12.4. The van der Waals surface area contributed by atoms with E-state index in [2.05, 4.69) is 4.98 Å². The van der Waals surface area contributed by atoms with Gasteiger partial charge in [-0.1, -0.05) is 11.6 Å². The third-order valence-electron chi connectivity index (χ3n) is 2.67. The van der Waals surface area contributed by atoms with Gasteiger partial charge in [-0.15, -0.1) is 11.3 Å². The summed E-state index contributed by atoms with van der Waals surface area (Å²) in [7, 11) is -3.76. The van der Waals surface area contributed by atoms with Crippen molar-refractivity contribution in [3.63, 3.8) is 0 Å². The Hall–Kier alpha value is -0.770. The molecule has 0 fully saturated rings. The molecule has 9 heteroatoms. The summed E-state index contributed by atoms with van der Waals surface area (Å²) >= 11 is 6.99. The maximum atomic E-state index is 12.4. The topological polar surface area (TPSA) is 90.7 Å². The molecule has 0 aliphatic heterocycles. The number of hydrogen-bond donors (Lipinski definition) is 2. The van der Waals surface area contributed by atoms with Crippen molar-refractivity contribution < 1.29 is 18.6 Å². The van der Waals surface area contributed by atoms with Gasteiger partial charge in [0, 0.05) is 13.1 Å². The Morgan fingerprint density at radius 2 is 1.90 bits per heavy atom. The van der Waals surface area contributed by atoms with Gasteiger partial charge in [0.1, 0.15) is 0 Å². The minimum absolute atomic E-state index is 0.0651. The highest BCUT2D eigenvalue weighted by Gasteiger charge is 2.24. The molecule has 0 atom stereocenters. The van der Waals surface area contributed by atoms with Gasteiger partial charge in [0.05, 0.1) is 28.3 Å². The van der Waals surface area contributed by atoms with Crippen LogP contribution in [0.15, 0.2) is 23.1 Å². The Balaban J connectivity index is 2.43. The molecule has 0 aliphatic rings. The first-order valence-electron chi connectivity index (χ1n) is 5.77. The first-order chi connectivity index (χ1) is 9.48. The van der Waals surface area contributed by atoms with Gasteiger partial charge in [0.25, 0.3) is 0 Å². The van der Waals surface area contributed by atoms with E-state index >= 15 is 0 Å². The summed E-state index contributed by atoms with van der Waals surface area (Å²) in [6.07, 6.45) is 0. The van der Waals surface area contributed by atoms with Crippen molar-refractivity contribution in [2.24, 2.45) is 0 Å². The molecule has 6 nitrogen and oxygen atoms in total. The van der Waals surface area contributed by atoms with Crippen molar-refractivity contribution in [2.45, 2.75) is 4.90 Å². The van der Waals surface area contributed by atoms with Crippen LogP contribution in [0.4, 0.5) is 0 Å². The zero-order valence-corrected chi connectivity index (χ0v) is 12.7. The molecule has 0 bridgehead atoms. The number of thiazole rings is 1. The van der Waals surface area contributed by atoms with E-state index in [0.29, 0.717) is 14.7 Å². The maximum Gasteiger partial charge on any atom is 0.243 e. The van der Waals surface area contributed by atoms with Gasteiger partial charge in [-0.05, 0) is 18.2 Å². The van der Waals surface area contributed by atoms with Crippen molar-refractivity contribution >= 4 is 43.2 Å². The molecule has 1 aromatic carbocycles. The molecule has 0 amide bonds. The largest absolute Gasteiger partial charge is 0.395 e. The molecule has 0 unspecified atom stereocenters. The molecule has 0 radical (unpaired) electrons. The van der Waals surface area contributed by atoms with Crippen LogP contribution in [0.3, 0.4) is 0 Å². The van der Waals surface area contributed by atoms with E-state index < -0.39 is 10.0 Å². The molecule has 1 heterocycles. The van der Waals surface area contributed by atoms with Crippen LogP contribution < -0.4 is 0 Å². The predicted octanol–water partition coefficient (Wildman–Crippen LogP) is 0.925. The molecule has 2 rings (SSSR count). The number of fused-ring (bicyclic) bond motifs is 1. The zero-order valence-electron chi connectivity index (χ0n) is 10.4. The zero-order chi connectivity index (χ0) is 14.8. The van der Waals surface area contributed by atoms with E-state index in [1.165, 1.54) is 23.5 Å². The highest BCUT2D eigenvalue weighted by Crippen LogP contribution is 2.28. The van der Waals surface area contributed by atoms with Gasteiger partial charge in [-0.2, -0.15) is 4.31 Å². The third-order valence-corrected chi connectivity index (χ3v) is 5.69. The number of benzene rings is 1. The van der Waals surface area contributed by atoms with E-state index in [-0.39, 0.29) is 31.2 Å². The van der Waals surface area contributed by atoms with Crippen LogP contribution in [0.2, 0.25) is 4.47 Å². The van der Waals surface area contributed by atoms with Gasteiger partial charge in [0.2, 0.25) is 10.0 Å². The molecule has 0 aliphatic carbocycles.